The molecule has 3 aliphatic heterocycles. The fraction of sp³-hybridized carbons (Fsp3) is 0.827. The van der Waals surface area contributed by atoms with Gasteiger partial charge in [-0.2, -0.15) is 0 Å². The van der Waals surface area contributed by atoms with Crippen molar-refractivity contribution in [2.75, 3.05) is 59.5 Å². The van der Waals surface area contributed by atoms with E-state index in [0.29, 0.717) is 83.1 Å². The minimum Gasteiger partial charge on any atom is -0.480 e. The Kier molecular flexibility index (Phi) is 67.5. The molecule has 0 N–H and O–H groups in total. The Morgan fingerprint density at radius 1 is 0.435 bits per heavy atom. The van der Waals surface area contributed by atoms with Crippen molar-refractivity contribution in [1.29, 1.82) is 0 Å². The van der Waals surface area contributed by atoms with Crippen LogP contribution >= 0.6 is 0 Å². The maximum absolute atomic E-state index is 11.8. The minimum atomic E-state index is -3.11. The van der Waals surface area contributed by atoms with Gasteiger partial charge in [0.05, 0.1) is 59.5 Å². The summed E-state index contributed by atoms with van der Waals surface area (Å²) in [4.78, 5) is 69.4. The third-order valence-electron chi connectivity index (χ3n) is 10.7. The monoisotopic (exact) mass is 1310 g/mol. The molecule has 0 aliphatic carbocycles. The predicted octanol–water partition coefficient (Wildman–Crippen LogP) is -3.96. The van der Waals surface area contributed by atoms with Crippen molar-refractivity contribution in [2.45, 2.75) is 190 Å². The summed E-state index contributed by atoms with van der Waals surface area (Å²) in [5.41, 5.74) is 0. The molecule has 85 heavy (non-hydrogen) atoms. The second-order valence-corrected chi connectivity index (χ2v) is 21.0. The largest absolute Gasteiger partial charge is 1.00 e. The van der Waals surface area contributed by atoms with Crippen molar-refractivity contribution in [3.63, 3.8) is 0 Å². The standard InChI is InChI=1S/C20H35O6.2C16H27O6.3Na.3O3S/c1-5-7-8-16(6-2)20-24-13-17(14-25-20)26-19(22)10-9-18(21)23-12-11-15(3)4;1-11(2)7-8-19-14(17)5-6-15(18)22-13-9-20-16(12(3)4)21-10-13;1-4-5-16-20-10-13(11-21-16)22-15(18)7-6-14(17)19-9-8-12(2)3;;;;3*1-4(2)3/h10,15-17,20H,5-9,11-14H2,1-4H3;6,11-13,16H,5,7-10H2,1-4H3;7,12-13,16H,4-6,8-11H2,1-3H3;;;;;;/q3*-1;3*+1;;;. The van der Waals surface area contributed by atoms with Crippen LogP contribution in [0.3, 0.4) is 0 Å². The number of rotatable bonds is 29. The van der Waals surface area contributed by atoms with Crippen LogP contribution in [0, 0.1) is 48.9 Å². The van der Waals surface area contributed by atoms with Crippen molar-refractivity contribution in [3.8, 4) is 0 Å². The van der Waals surface area contributed by atoms with Gasteiger partial charge in [-0.25, -0.2) is 0 Å². The third-order valence-corrected chi connectivity index (χ3v) is 10.7. The van der Waals surface area contributed by atoms with Crippen LogP contribution in [0.5, 0.6) is 0 Å². The molecule has 3 fully saturated rings. The normalized spacial score (nSPS) is 18.5. The molecule has 0 radical (unpaired) electrons. The maximum Gasteiger partial charge on any atom is 1.00 e. The van der Waals surface area contributed by atoms with Gasteiger partial charge in [0.25, 0.3) is 17.9 Å². The Balaban J connectivity index is -0.000000247. The zero-order chi connectivity index (χ0) is 63.0. The van der Waals surface area contributed by atoms with Crippen LogP contribution in [0.15, 0.2) is 0 Å². The molecule has 1 atom stereocenters. The smallest absolute Gasteiger partial charge is 0.480 e. The van der Waals surface area contributed by atoms with E-state index in [2.05, 4.69) is 55.4 Å². The second kappa shape index (κ2) is 60.9. The molecule has 3 aliphatic rings. The first kappa shape index (κ1) is 94.2. The molecular formula is C52H89Na3O27S3. The molecule has 0 spiro atoms. The molecule has 0 saturated carbocycles. The van der Waals surface area contributed by atoms with Crippen LogP contribution in [0.4, 0.5) is 0 Å². The fourth-order valence-electron chi connectivity index (χ4n) is 6.33. The molecule has 27 nitrogen and oxygen atoms in total. The quantitative estimate of drug-likeness (QED) is 0.0298. The molecule has 1 unspecified atom stereocenters. The van der Waals surface area contributed by atoms with Crippen molar-refractivity contribution in [3.05, 3.63) is 19.3 Å². The van der Waals surface area contributed by atoms with Gasteiger partial charge in [-0.1, -0.05) is 115 Å². The molecule has 3 heterocycles. The van der Waals surface area contributed by atoms with Gasteiger partial charge in [0.2, 0.25) is 0 Å². The number of carbonyl (C=O) groups is 6. The van der Waals surface area contributed by atoms with E-state index < -0.39 is 86.0 Å². The first-order valence-electron chi connectivity index (χ1n) is 27.1. The van der Waals surface area contributed by atoms with E-state index in [9.17, 15) is 28.8 Å². The van der Waals surface area contributed by atoms with Gasteiger partial charge in [-0.15, -0.1) is 37.9 Å². The summed E-state index contributed by atoms with van der Waals surface area (Å²) in [6.45, 7) is 25.7. The third kappa shape index (κ3) is 64.8. The van der Waals surface area contributed by atoms with E-state index in [1.165, 1.54) is 19.3 Å². The molecule has 3 rings (SSSR count). The predicted molar refractivity (Wildman–Crippen MR) is 287 cm³/mol. The van der Waals surface area contributed by atoms with Crippen molar-refractivity contribution < 1.29 is 212 Å². The molecule has 0 aromatic carbocycles. The van der Waals surface area contributed by atoms with Crippen molar-refractivity contribution in [2.24, 2.45) is 29.6 Å². The second-order valence-electron chi connectivity index (χ2n) is 19.7. The number of unbranched alkanes of at least 4 members (excludes halogenated alkanes) is 1. The van der Waals surface area contributed by atoms with Crippen molar-refractivity contribution in [1.82, 2.24) is 0 Å². The average molecular weight is 1310 g/mol. The van der Waals surface area contributed by atoms with Gasteiger partial charge in [0.15, 0.2) is 36.8 Å². The van der Waals surface area contributed by atoms with Crippen LogP contribution < -0.4 is 88.7 Å². The first-order chi connectivity index (χ1) is 38.5. The Morgan fingerprint density at radius 3 is 0.965 bits per heavy atom. The molecule has 480 valence electrons. The SMILES string of the molecule is CC(C)CCOC(=O)C[CH-]C(=O)OC1COC(C(C)C)OC1.CCCC1OCC(OC(=O)[CH-]CC(=O)OCCC(C)C)CO1.CCCCC(CC)C1OCC(OC(=O)[CH-]CC(=O)OCCC(C)C)CO1.O=S(=O)=O.O=S(=O)=O.O=S(=O)=O.[Na+].[Na+].[Na+]. The molecular weight excluding hydrogens is 1220 g/mol. The summed E-state index contributed by atoms with van der Waals surface area (Å²) in [7, 11) is -9.33. The number of hydrogen-bond donors (Lipinski definition) is 0. The Labute approximate surface area is 573 Å². The maximum atomic E-state index is 11.8. The number of carbonyl (C=O) groups excluding carboxylic acids is 6. The van der Waals surface area contributed by atoms with E-state index in [1.807, 2.05) is 20.8 Å². The summed E-state index contributed by atoms with van der Waals surface area (Å²) in [6.07, 6.45) is 9.99. The van der Waals surface area contributed by atoms with Crippen LogP contribution in [0.2, 0.25) is 0 Å². The summed E-state index contributed by atoms with van der Waals surface area (Å²) in [6, 6.07) is 0. The summed E-state index contributed by atoms with van der Waals surface area (Å²) < 4.78 is 140. The van der Waals surface area contributed by atoms with Crippen LogP contribution in [-0.2, 0) is 117 Å². The summed E-state index contributed by atoms with van der Waals surface area (Å²) in [5.74, 6) is -0.852. The molecule has 3 saturated heterocycles. The Hall–Kier alpha value is -1.95. The van der Waals surface area contributed by atoms with Crippen LogP contribution in [0.25, 0.3) is 0 Å². The van der Waals surface area contributed by atoms with Gasteiger partial charge in [0, 0.05) is 11.8 Å². The first-order valence-corrected chi connectivity index (χ1v) is 30.1. The summed E-state index contributed by atoms with van der Waals surface area (Å²) in [5, 5.41) is 0. The van der Waals surface area contributed by atoms with E-state index in [4.69, 9.17) is 94.7 Å². The van der Waals surface area contributed by atoms with Gasteiger partial charge in [-0.3, -0.25) is 48.0 Å². The number of esters is 6. The Morgan fingerprint density at radius 2 is 0.718 bits per heavy atom. The average Bonchev–Trinajstić information content (AvgIpc) is 3.44. The number of ether oxygens (including phenoxy) is 12. The topological polar surface area (TPSA) is 367 Å². The zero-order valence-electron chi connectivity index (χ0n) is 52.2. The van der Waals surface area contributed by atoms with E-state index in [0.717, 1.165) is 57.8 Å². The Bertz CT molecular complexity index is 2010. The van der Waals surface area contributed by atoms with E-state index >= 15 is 0 Å². The molecule has 33 heteroatoms. The van der Waals surface area contributed by atoms with E-state index in [-0.39, 0.29) is 133 Å². The zero-order valence-corrected chi connectivity index (χ0v) is 60.6. The van der Waals surface area contributed by atoms with Gasteiger partial charge in [0.1, 0.15) is 18.3 Å². The summed E-state index contributed by atoms with van der Waals surface area (Å²) >= 11 is 0. The van der Waals surface area contributed by atoms with Crippen molar-refractivity contribution >= 4 is 67.6 Å². The van der Waals surface area contributed by atoms with Crippen LogP contribution in [-0.4, -0.2) is 170 Å². The van der Waals surface area contributed by atoms with Gasteiger partial charge >= 0.3 is 120 Å². The molecule has 0 bridgehead atoms. The molecule has 0 aromatic heterocycles. The van der Waals surface area contributed by atoms with Crippen LogP contribution in [0.1, 0.15) is 153 Å². The minimum absolute atomic E-state index is 0. The van der Waals surface area contributed by atoms with Gasteiger partial charge in [-0.05, 0) is 56.3 Å². The molecule has 0 aromatic rings. The van der Waals surface area contributed by atoms with E-state index in [1.54, 1.807) is 0 Å². The number of hydrogen-bond acceptors (Lipinski definition) is 27. The van der Waals surface area contributed by atoms with Gasteiger partial charge < -0.3 is 56.8 Å². The molecule has 0 amide bonds. The fourth-order valence-corrected chi connectivity index (χ4v) is 6.33.